The Morgan fingerprint density at radius 2 is 2.07 bits per heavy atom. The predicted octanol–water partition coefficient (Wildman–Crippen LogP) is 1.77. The van der Waals surface area contributed by atoms with Crippen LogP contribution in [0.4, 0.5) is 0 Å². The van der Waals surface area contributed by atoms with Crippen LogP contribution in [0.3, 0.4) is 0 Å². The number of aromatic nitrogens is 2. The van der Waals surface area contributed by atoms with Gasteiger partial charge in [0.2, 0.25) is 11.8 Å². The molecule has 0 amide bonds. The van der Waals surface area contributed by atoms with Gasteiger partial charge >= 0.3 is 5.97 Å². The van der Waals surface area contributed by atoms with Crippen LogP contribution in [0.15, 0.2) is 4.42 Å². The van der Waals surface area contributed by atoms with E-state index in [0.29, 0.717) is 24.6 Å². The second-order valence-corrected chi connectivity index (χ2v) is 4.50. The van der Waals surface area contributed by atoms with Crippen molar-refractivity contribution < 1.29 is 14.3 Å². The van der Waals surface area contributed by atoms with Crippen molar-refractivity contribution in [3.05, 3.63) is 11.8 Å². The third kappa shape index (κ3) is 3.69. The molecule has 84 valence electrons. The van der Waals surface area contributed by atoms with E-state index >= 15 is 0 Å². The molecule has 0 unspecified atom stereocenters. The van der Waals surface area contributed by atoms with Crippen molar-refractivity contribution in [2.45, 2.75) is 45.4 Å². The molecule has 0 atom stereocenters. The number of carboxylic acid groups (broad SMARTS) is 1. The van der Waals surface area contributed by atoms with Gasteiger partial charge in [0.25, 0.3) is 0 Å². The first-order valence-electron chi connectivity index (χ1n) is 4.94. The monoisotopic (exact) mass is 212 g/mol. The Labute approximate surface area is 88.5 Å². The van der Waals surface area contributed by atoms with E-state index < -0.39 is 5.97 Å². The van der Waals surface area contributed by atoms with E-state index in [1.54, 1.807) is 0 Å². The van der Waals surface area contributed by atoms with Crippen molar-refractivity contribution in [3.63, 3.8) is 0 Å². The second-order valence-electron chi connectivity index (χ2n) is 4.50. The van der Waals surface area contributed by atoms with Gasteiger partial charge in [0.1, 0.15) is 0 Å². The van der Waals surface area contributed by atoms with Crippen LogP contribution < -0.4 is 0 Å². The zero-order valence-electron chi connectivity index (χ0n) is 9.28. The Kier molecular flexibility index (Phi) is 3.44. The molecular formula is C10H16N2O3. The molecule has 0 aliphatic rings. The maximum atomic E-state index is 10.3. The van der Waals surface area contributed by atoms with Crippen LogP contribution in [-0.2, 0) is 16.6 Å². The zero-order valence-corrected chi connectivity index (χ0v) is 9.28. The van der Waals surface area contributed by atoms with E-state index in [2.05, 4.69) is 10.2 Å². The first-order valence-corrected chi connectivity index (χ1v) is 4.94. The van der Waals surface area contributed by atoms with Gasteiger partial charge in [-0.1, -0.05) is 20.8 Å². The van der Waals surface area contributed by atoms with Gasteiger partial charge < -0.3 is 9.52 Å². The Bertz CT molecular complexity index is 339. The van der Waals surface area contributed by atoms with Crippen molar-refractivity contribution in [1.82, 2.24) is 10.2 Å². The molecule has 15 heavy (non-hydrogen) atoms. The van der Waals surface area contributed by atoms with Crippen molar-refractivity contribution in [1.29, 1.82) is 0 Å². The molecule has 0 aromatic carbocycles. The highest BCUT2D eigenvalue weighted by molar-refractivity contribution is 5.66. The van der Waals surface area contributed by atoms with Crippen LogP contribution in [0.25, 0.3) is 0 Å². The summed E-state index contributed by atoms with van der Waals surface area (Å²) in [6.45, 7) is 5.96. The minimum atomic E-state index is -0.800. The standard InChI is InChI=1S/C10H16N2O3/c1-10(2,3)9-12-11-7(15-9)5-4-6-8(13)14/h4-6H2,1-3H3,(H,13,14). The summed E-state index contributed by atoms with van der Waals surface area (Å²) in [5, 5.41) is 16.3. The van der Waals surface area contributed by atoms with Gasteiger partial charge in [-0.05, 0) is 6.42 Å². The minimum absolute atomic E-state index is 0.132. The molecule has 1 aromatic heterocycles. The fourth-order valence-electron chi connectivity index (χ4n) is 1.05. The first-order chi connectivity index (χ1) is 6.89. The highest BCUT2D eigenvalue weighted by atomic mass is 16.4. The van der Waals surface area contributed by atoms with Gasteiger partial charge in [-0.25, -0.2) is 0 Å². The number of nitrogens with zero attached hydrogens (tertiary/aromatic N) is 2. The molecule has 1 heterocycles. The van der Waals surface area contributed by atoms with Crippen LogP contribution in [0, 0.1) is 0 Å². The third-order valence-electron chi connectivity index (χ3n) is 1.89. The molecule has 1 rings (SSSR count). The fourth-order valence-corrected chi connectivity index (χ4v) is 1.05. The summed E-state index contributed by atoms with van der Waals surface area (Å²) < 4.78 is 5.41. The molecule has 0 aliphatic heterocycles. The van der Waals surface area contributed by atoms with Gasteiger partial charge in [-0.3, -0.25) is 4.79 Å². The Balaban J connectivity index is 2.50. The highest BCUT2D eigenvalue weighted by Crippen LogP contribution is 2.20. The summed E-state index contributed by atoms with van der Waals surface area (Å²) >= 11 is 0. The van der Waals surface area contributed by atoms with Gasteiger partial charge in [-0.15, -0.1) is 10.2 Å². The van der Waals surface area contributed by atoms with Crippen molar-refractivity contribution >= 4 is 5.97 Å². The SMILES string of the molecule is CC(C)(C)c1nnc(CCCC(=O)O)o1. The quantitative estimate of drug-likeness (QED) is 0.823. The minimum Gasteiger partial charge on any atom is -0.481 e. The maximum Gasteiger partial charge on any atom is 0.303 e. The summed E-state index contributed by atoms with van der Waals surface area (Å²) in [5.74, 6) is 0.305. The number of hydrogen-bond donors (Lipinski definition) is 1. The lowest BCUT2D eigenvalue weighted by atomic mass is 9.97. The summed E-state index contributed by atoms with van der Waals surface area (Å²) in [6.07, 6.45) is 1.18. The van der Waals surface area contributed by atoms with Crippen molar-refractivity contribution in [3.8, 4) is 0 Å². The number of aryl methyl sites for hydroxylation is 1. The average molecular weight is 212 g/mol. The van der Waals surface area contributed by atoms with Crippen LogP contribution in [-0.4, -0.2) is 21.3 Å². The molecular weight excluding hydrogens is 196 g/mol. The van der Waals surface area contributed by atoms with E-state index in [1.807, 2.05) is 20.8 Å². The number of hydrogen-bond acceptors (Lipinski definition) is 4. The summed E-state index contributed by atoms with van der Waals surface area (Å²) in [5.41, 5.74) is -0.155. The smallest absolute Gasteiger partial charge is 0.303 e. The lowest BCUT2D eigenvalue weighted by Crippen LogP contribution is -2.11. The largest absolute Gasteiger partial charge is 0.481 e. The van der Waals surface area contributed by atoms with E-state index in [1.165, 1.54) is 0 Å². The zero-order chi connectivity index (χ0) is 11.5. The van der Waals surface area contributed by atoms with Gasteiger partial charge in [0.05, 0.1) is 0 Å². The van der Waals surface area contributed by atoms with Crippen LogP contribution in [0.2, 0.25) is 0 Å². The van der Waals surface area contributed by atoms with Gasteiger partial charge in [0, 0.05) is 18.3 Å². The molecule has 0 saturated heterocycles. The number of carboxylic acids is 1. The lowest BCUT2D eigenvalue weighted by Gasteiger charge is -2.10. The lowest BCUT2D eigenvalue weighted by molar-refractivity contribution is -0.137. The molecule has 5 heteroatoms. The molecule has 1 aromatic rings. The fraction of sp³-hybridized carbons (Fsp3) is 0.700. The maximum absolute atomic E-state index is 10.3. The Morgan fingerprint density at radius 1 is 1.40 bits per heavy atom. The topological polar surface area (TPSA) is 76.2 Å². The summed E-state index contributed by atoms with van der Waals surface area (Å²) in [4.78, 5) is 10.3. The predicted molar refractivity (Wildman–Crippen MR) is 53.6 cm³/mol. The third-order valence-corrected chi connectivity index (χ3v) is 1.89. The van der Waals surface area contributed by atoms with Crippen LogP contribution in [0.1, 0.15) is 45.4 Å². The Morgan fingerprint density at radius 3 is 2.53 bits per heavy atom. The van der Waals surface area contributed by atoms with E-state index in [0.717, 1.165) is 0 Å². The van der Waals surface area contributed by atoms with Gasteiger partial charge in [0.15, 0.2) is 0 Å². The highest BCUT2D eigenvalue weighted by Gasteiger charge is 2.21. The summed E-state index contributed by atoms with van der Waals surface area (Å²) in [7, 11) is 0. The van der Waals surface area contributed by atoms with Crippen molar-refractivity contribution in [2.75, 3.05) is 0 Å². The summed E-state index contributed by atoms with van der Waals surface area (Å²) in [6, 6.07) is 0. The molecule has 0 radical (unpaired) electrons. The molecule has 5 nitrogen and oxygen atoms in total. The number of rotatable bonds is 4. The van der Waals surface area contributed by atoms with Crippen molar-refractivity contribution in [2.24, 2.45) is 0 Å². The first kappa shape index (κ1) is 11.7. The number of carbonyl (C=O) groups is 1. The Hall–Kier alpha value is -1.39. The van der Waals surface area contributed by atoms with E-state index in [4.69, 9.17) is 9.52 Å². The van der Waals surface area contributed by atoms with Gasteiger partial charge in [-0.2, -0.15) is 0 Å². The number of aliphatic carboxylic acids is 1. The van der Waals surface area contributed by atoms with Crippen LogP contribution in [0.5, 0.6) is 0 Å². The molecule has 0 aliphatic carbocycles. The van der Waals surface area contributed by atoms with E-state index in [9.17, 15) is 4.79 Å². The molecule has 0 fully saturated rings. The molecule has 0 saturated carbocycles. The molecule has 0 bridgehead atoms. The second kappa shape index (κ2) is 4.42. The molecule has 0 spiro atoms. The van der Waals surface area contributed by atoms with Crippen LogP contribution >= 0.6 is 0 Å². The molecule has 1 N–H and O–H groups in total. The van der Waals surface area contributed by atoms with E-state index in [-0.39, 0.29) is 11.8 Å². The average Bonchev–Trinajstić information content (AvgIpc) is 2.51. The normalized spacial score (nSPS) is 11.7.